The van der Waals surface area contributed by atoms with E-state index in [4.69, 9.17) is 5.26 Å². The molecule has 0 atom stereocenters. The number of nitrogens with zero attached hydrogens (tertiary/aromatic N) is 1. The Morgan fingerprint density at radius 2 is 2.21 bits per heavy atom. The fourth-order valence-corrected chi connectivity index (χ4v) is 1.44. The number of hydrogen-bond acceptors (Lipinski definition) is 3. The summed E-state index contributed by atoms with van der Waals surface area (Å²) < 4.78 is 13.3. The number of amides is 1. The van der Waals surface area contributed by atoms with Crippen LogP contribution in [0.5, 0.6) is 0 Å². The standard InChI is InChI=1S/C14H18FN3O/c1-10(2)9-18-14(19)5-6-17-12-4-3-11(8-16)13(15)7-12/h3-4,7,10,17H,5-6,9H2,1-2H3,(H,18,19). The molecule has 102 valence electrons. The molecule has 4 nitrogen and oxygen atoms in total. The highest BCUT2D eigenvalue weighted by Crippen LogP contribution is 2.13. The van der Waals surface area contributed by atoms with Crippen molar-refractivity contribution in [2.24, 2.45) is 5.92 Å². The van der Waals surface area contributed by atoms with Gasteiger partial charge in [-0.25, -0.2) is 4.39 Å². The van der Waals surface area contributed by atoms with E-state index in [1.54, 1.807) is 12.1 Å². The smallest absolute Gasteiger partial charge is 0.221 e. The second kappa shape index (κ2) is 7.37. The van der Waals surface area contributed by atoms with Crippen LogP contribution in [0, 0.1) is 23.1 Å². The first-order valence-electron chi connectivity index (χ1n) is 6.23. The third kappa shape index (κ3) is 5.38. The van der Waals surface area contributed by atoms with Gasteiger partial charge in [0.25, 0.3) is 0 Å². The van der Waals surface area contributed by atoms with E-state index in [-0.39, 0.29) is 11.5 Å². The lowest BCUT2D eigenvalue weighted by Gasteiger charge is -2.09. The van der Waals surface area contributed by atoms with Gasteiger partial charge in [-0.2, -0.15) is 5.26 Å². The number of benzene rings is 1. The number of nitriles is 1. The Bertz CT molecular complexity index is 480. The molecule has 5 heteroatoms. The third-order valence-electron chi connectivity index (χ3n) is 2.48. The highest BCUT2D eigenvalue weighted by molar-refractivity contribution is 5.76. The summed E-state index contributed by atoms with van der Waals surface area (Å²) in [5.74, 6) is -0.170. The van der Waals surface area contributed by atoms with E-state index in [0.29, 0.717) is 31.1 Å². The molecule has 0 aliphatic rings. The summed E-state index contributed by atoms with van der Waals surface area (Å²) in [6.07, 6.45) is 0.328. The normalized spacial score (nSPS) is 10.1. The summed E-state index contributed by atoms with van der Waals surface area (Å²) in [5, 5.41) is 14.3. The molecule has 1 aromatic carbocycles. The molecule has 0 heterocycles. The lowest BCUT2D eigenvalue weighted by atomic mass is 10.2. The van der Waals surface area contributed by atoms with E-state index >= 15 is 0 Å². The molecule has 0 aliphatic heterocycles. The molecule has 1 aromatic rings. The third-order valence-corrected chi connectivity index (χ3v) is 2.48. The first-order valence-corrected chi connectivity index (χ1v) is 6.23. The maximum Gasteiger partial charge on any atom is 0.221 e. The summed E-state index contributed by atoms with van der Waals surface area (Å²) in [7, 11) is 0. The van der Waals surface area contributed by atoms with Crippen molar-refractivity contribution in [2.45, 2.75) is 20.3 Å². The molecule has 0 radical (unpaired) electrons. The first kappa shape index (κ1) is 15.0. The van der Waals surface area contributed by atoms with Crippen LogP contribution in [0.25, 0.3) is 0 Å². The molecule has 0 aromatic heterocycles. The second-order valence-electron chi connectivity index (χ2n) is 4.68. The molecule has 19 heavy (non-hydrogen) atoms. The Kier molecular flexibility index (Phi) is 5.80. The zero-order valence-electron chi connectivity index (χ0n) is 11.2. The van der Waals surface area contributed by atoms with Crippen LogP contribution in [0.2, 0.25) is 0 Å². The molecular formula is C14H18FN3O. The summed E-state index contributed by atoms with van der Waals surface area (Å²) in [6.45, 7) is 5.13. The first-order chi connectivity index (χ1) is 9.02. The number of rotatable bonds is 6. The van der Waals surface area contributed by atoms with Gasteiger partial charge in [-0.3, -0.25) is 4.79 Å². The van der Waals surface area contributed by atoms with Crippen LogP contribution in [0.1, 0.15) is 25.8 Å². The molecule has 2 N–H and O–H groups in total. The van der Waals surface area contributed by atoms with E-state index in [1.165, 1.54) is 12.1 Å². The number of halogens is 1. The van der Waals surface area contributed by atoms with Crippen LogP contribution >= 0.6 is 0 Å². The van der Waals surface area contributed by atoms with Gasteiger partial charge in [0.05, 0.1) is 5.56 Å². The van der Waals surface area contributed by atoms with Crippen molar-refractivity contribution in [3.63, 3.8) is 0 Å². The minimum atomic E-state index is -0.559. The summed E-state index contributed by atoms with van der Waals surface area (Å²) in [4.78, 5) is 11.4. The molecule has 0 fully saturated rings. The highest BCUT2D eigenvalue weighted by Gasteiger charge is 2.04. The van der Waals surface area contributed by atoms with Gasteiger partial charge in [0.15, 0.2) is 0 Å². The van der Waals surface area contributed by atoms with E-state index in [2.05, 4.69) is 10.6 Å². The Hall–Kier alpha value is -2.09. The monoisotopic (exact) mass is 263 g/mol. The van der Waals surface area contributed by atoms with Crippen molar-refractivity contribution in [3.8, 4) is 6.07 Å². The molecule has 0 saturated carbocycles. The number of carbonyl (C=O) groups excluding carboxylic acids is 1. The molecule has 0 saturated heterocycles. The van der Waals surface area contributed by atoms with Gasteiger partial charge in [-0.15, -0.1) is 0 Å². The number of hydrogen-bond donors (Lipinski definition) is 2. The lowest BCUT2D eigenvalue weighted by Crippen LogP contribution is -2.28. The van der Waals surface area contributed by atoms with Gasteiger partial charge in [-0.05, 0) is 24.1 Å². The predicted molar refractivity (Wildman–Crippen MR) is 72.1 cm³/mol. The average molecular weight is 263 g/mol. The van der Waals surface area contributed by atoms with E-state index in [0.717, 1.165) is 0 Å². The molecular weight excluding hydrogens is 245 g/mol. The van der Waals surface area contributed by atoms with Crippen molar-refractivity contribution in [2.75, 3.05) is 18.4 Å². The maximum absolute atomic E-state index is 13.3. The Labute approximate surface area is 112 Å². The van der Waals surface area contributed by atoms with Crippen LogP contribution in [-0.4, -0.2) is 19.0 Å². The van der Waals surface area contributed by atoms with Gasteiger partial charge in [-0.1, -0.05) is 13.8 Å². The summed E-state index contributed by atoms with van der Waals surface area (Å²) in [5.41, 5.74) is 0.577. The van der Waals surface area contributed by atoms with Gasteiger partial charge < -0.3 is 10.6 Å². The van der Waals surface area contributed by atoms with Crippen molar-refractivity contribution in [1.82, 2.24) is 5.32 Å². The van der Waals surface area contributed by atoms with Crippen LogP contribution in [-0.2, 0) is 4.79 Å². The molecule has 0 spiro atoms. The van der Waals surface area contributed by atoms with Crippen molar-refractivity contribution in [1.29, 1.82) is 5.26 Å². The molecule has 1 rings (SSSR count). The minimum absolute atomic E-state index is 0.0141. The summed E-state index contributed by atoms with van der Waals surface area (Å²) in [6, 6.07) is 6.04. The topological polar surface area (TPSA) is 64.9 Å². The van der Waals surface area contributed by atoms with Crippen molar-refractivity contribution >= 4 is 11.6 Å². The zero-order chi connectivity index (χ0) is 14.3. The van der Waals surface area contributed by atoms with Crippen LogP contribution < -0.4 is 10.6 Å². The van der Waals surface area contributed by atoms with Crippen molar-refractivity contribution < 1.29 is 9.18 Å². The quantitative estimate of drug-likeness (QED) is 0.827. The average Bonchev–Trinajstić information content (AvgIpc) is 2.36. The van der Waals surface area contributed by atoms with E-state index in [9.17, 15) is 9.18 Å². The van der Waals surface area contributed by atoms with Gasteiger partial charge in [0.2, 0.25) is 5.91 Å². The molecule has 0 unspecified atom stereocenters. The number of anilines is 1. The van der Waals surface area contributed by atoms with Crippen LogP contribution in [0.3, 0.4) is 0 Å². The largest absolute Gasteiger partial charge is 0.384 e. The maximum atomic E-state index is 13.3. The Morgan fingerprint density at radius 3 is 2.79 bits per heavy atom. The highest BCUT2D eigenvalue weighted by atomic mass is 19.1. The number of nitrogens with one attached hydrogen (secondary N) is 2. The number of carbonyl (C=O) groups is 1. The van der Waals surface area contributed by atoms with Crippen molar-refractivity contribution in [3.05, 3.63) is 29.6 Å². The van der Waals surface area contributed by atoms with E-state index < -0.39 is 5.82 Å². The Balaban J connectivity index is 2.35. The van der Waals surface area contributed by atoms with Crippen LogP contribution in [0.4, 0.5) is 10.1 Å². The van der Waals surface area contributed by atoms with Crippen LogP contribution in [0.15, 0.2) is 18.2 Å². The molecule has 0 aliphatic carbocycles. The lowest BCUT2D eigenvalue weighted by molar-refractivity contribution is -0.120. The zero-order valence-corrected chi connectivity index (χ0v) is 11.2. The van der Waals surface area contributed by atoms with Gasteiger partial charge >= 0.3 is 0 Å². The van der Waals surface area contributed by atoms with Gasteiger partial charge in [0, 0.05) is 25.2 Å². The van der Waals surface area contributed by atoms with Gasteiger partial charge in [0.1, 0.15) is 11.9 Å². The molecule has 1 amide bonds. The fraction of sp³-hybridized carbons (Fsp3) is 0.429. The molecule has 0 bridgehead atoms. The second-order valence-corrected chi connectivity index (χ2v) is 4.68. The Morgan fingerprint density at radius 1 is 1.47 bits per heavy atom. The predicted octanol–water partition coefficient (Wildman–Crippen LogP) is 2.27. The SMILES string of the molecule is CC(C)CNC(=O)CCNc1ccc(C#N)c(F)c1. The summed E-state index contributed by atoms with van der Waals surface area (Å²) >= 11 is 0. The van der Waals surface area contributed by atoms with E-state index in [1.807, 2.05) is 13.8 Å². The fourth-order valence-electron chi connectivity index (χ4n) is 1.44. The minimum Gasteiger partial charge on any atom is -0.384 e.